The minimum Gasteiger partial charge on any atom is -0.399 e. The molecule has 0 heterocycles. The molecule has 0 radical (unpaired) electrons. The molecule has 2 rings (SSSR count). The Morgan fingerprint density at radius 2 is 1.93 bits per heavy atom. The minimum absolute atomic E-state index is 0.529. The normalized spacial score (nSPS) is 22.7. The first-order valence-corrected chi connectivity index (χ1v) is 5.66. The van der Waals surface area contributed by atoms with Crippen LogP contribution in [0.5, 0.6) is 0 Å². The van der Waals surface area contributed by atoms with Gasteiger partial charge in [-0.2, -0.15) is 0 Å². The van der Waals surface area contributed by atoms with Crippen LogP contribution in [0.15, 0.2) is 24.3 Å². The van der Waals surface area contributed by atoms with Crippen LogP contribution >= 0.6 is 0 Å². The summed E-state index contributed by atoms with van der Waals surface area (Å²) in [4.78, 5) is 0. The van der Waals surface area contributed by atoms with Crippen molar-refractivity contribution in [2.75, 3.05) is 12.3 Å². The lowest BCUT2D eigenvalue weighted by Gasteiger charge is -2.06. The van der Waals surface area contributed by atoms with E-state index in [-0.39, 0.29) is 0 Å². The Hall–Kier alpha value is -1.02. The Labute approximate surface area is 91.9 Å². The van der Waals surface area contributed by atoms with E-state index >= 15 is 0 Å². The summed E-state index contributed by atoms with van der Waals surface area (Å²) < 4.78 is 0. The Kier molecular flexibility index (Phi) is 2.70. The van der Waals surface area contributed by atoms with Gasteiger partial charge >= 0.3 is 0 Å². The second kappa shape index (κ2) is 3.86. The van der Waals surface area contributed by atoms with Gasteiger partial charge in [0.05, 0.1) is 0 Å². The van der Waals surface area contributed by atoms with Gasteiger partial charge in [0.1, 0.15) is 0 Å². The molecule has 1 aliphatic carbocycles. The van der Waals surface area contributed by atoms with E-state index in [1.807, 2.05) is 12.1 Å². The minimum atomic E-state index is 0.529. The van der Waals surface area contributed by atoms with Gasteiger partial charge in [-0.15, -0.1) is 0 Å². The maximum Gasteiger partial charge on any atom is 0.0314 e. The first-order valence-electron chi connectivity index (χ1n) is 5.66. The molecule has 0 amide bonds. The summed E-state index contributed by atoms with van der Waals surface area (Å²) in [5, 5.41) is 3.58. The van der Waals surface area contributed by atoms with E-state index < -0.39 is 0 Å². The van der Waals surface area contributed by atoms with Crippen LogP contribution in [-0.4, -0.2) is 12.6 Å². The van der Waals surface area contributed by atoms with Crippen LogP contribution in [0.2, 0.25) is 0 Å². The van der Waals surface area contributed by atoms with E-state index in [0.29, 0.717) is 5.41 Å². The van der Waals surface area contributed by atoms with Crippen molar-refractivity contribution in [3.05, 3.63) is 29.8 Å². The molecule has 0 spiro atoms. The molecule has 1 unspecified atom stereocenters. The molecule has 0 aliphatic heterocycles. The van der Waals surface area contributed by atoms with E-state index in [0.717, 1.165) is 24.7 Å². The smallest absolute Gasteiger partial charge is 0.0314 e. The first kappa shape index (κ1) is 10.5. The second-order valence-electron chi connectivity index (χ2n) is 5.19. The van der Waals surface area contributed by atoms with Crippen LogP contribution in [-0.2, 0) is 6.42 Å². The summed E-state index contributed by atoms with van der Waals surface area (Å²) in [5.74, 6) is 0. The molecule has 3 N–H and O–H groups in total. The van der Waals surface area contributed by atoms with Crippen molar-refractivity contribution in [2.45, 2.75) is 32.7 Å². The van der Waals surface area contributed by atoms with Gasteiger partial charge in [0.2, 0.25) is 0 Å². The van der Waals surface area contributed by atoms with Crippen LogP contribution in [0.4, 0.5) is 5.69 Å². The number of hydrogen-bond acceptors (Lipinski definition) is 2. The SMILES string of the molecule is CC1(C)CC1NCCc1ccc(N)cc1. The first-order chi connectivity index (χ1) is 7.08. The molecule has 1 saturated carbocycles. The lowest BCUT2D eigenvalue weighted by atomic mass is 10.1. The molecule has 2 nitrogen and oxygen atoms in total. The molecule has 0 bridgehead atoms. The number of hydrogen-bond donors (Lipinski definition) is 2. The summed E-state index contributed by atoms with van der Waals surface area (Å²) in [6.07, 6.45) is 2.40. The number of nitrogens with two attached hydrogens (primary N) is 1. The molecule has 0 saturated heterocycles. The fourth-order valence-corrected chi connectivity index (χ4v) is 1.89. The molecular formula is C13H20N2. The Morgan fingerprint density at radius 1 is 1.33 bits per heavy atom. The van der Waals surface area contributed by atoms with Crippen molar-refractivity contribution >= 4 is 5.69 Å². The molecule has 1 atom stereocenters. The molecule has 82 valence electrons. The standard InChI is InChI=1S/C13H20N2/c1-13(2)9-12(13)15-8-7-10-3-5-11(14)6-4-10/h3-6,12,15H,7-9,14H2,1-2H3. The number of nitrogens with one attached hydrogen (secondary N) is 1. The van der Waals surface area contributed by atoms with Gasteiger partial charge < -0.3 is 11.1 Å². The fourth-order valence-electron chi connectivity index (χ4n) is 1.89. The van der Waals surface area contributed by atoms with E-state index in [2.05, 4.69) is 31.3 Å². The monoisotopic (exact) mass is 204 g/mol. The molecular weight excluding hydrogens is 184 g/mol. The van der Waals surface area contributed by atoms with Crippen molar-refractivity contribution in [3.63, 3.8) is 0 Å². The number of benzene rings is 1. The van der Waals surface area contributed by atoms with Gasteiger partial charge in [0, 0.05) is 11.7 Å². The highest BCUT2D eigenvalue weighted by atomic mass is 15.0. The summed E-state index contributed by atoms with van der Waals surface area (Å²) in [6.45, 7) is 5.69. The van der Waals surface area contributed by atoms with E-state index in [4.69, 9.17) is 5.73 Å². The van der Waals surface area contributed by atoms with Gasteiger partial charge in [-0.25, -0.2) is 0 Å². The van der Waals surface area contributed by atoms with Crippen molar-refractivity contribution in [1.29, 1.82) is 0 Å². The topological polar surface area (TPSA) is 38.0 Å². The maximum atomic E-state index is 5.63. The third-order valence-electron chi connectivity index (χ3n) is 3.30. The van der Waals surface area contributed by atoms with E-state index in [1.54, 1.807) is 0 Å². The lowest BCUT2D eigenvalue weighted by Crippen LogP contribution is -2.23. The van der Waals surface area contributed by atoms with Crippen LogP contribution in [0.25, 0.3) is 0 Å². The zero-order chi connectivity index (χ0) is 10.9. The zero-order valence-corrected chi connectivity index (χ0v) is 9.59. The summed E-state index contributed by atoms with van der Waals surface area (Å²) in [7, 11) is 0. The molecule has 15 heavy (non-hydrogen) atoms. The van der Waals surface area contributed by atoms with E-state index in [9.17, 15) is 0 Å². The molecule has 0 aromatic heterocycles. The van der Waals surface area contributed by atoms with Crippen LogP contribution in [0.1, 0.15) is 25.8 Å². The molecule has 1 fully saturated rings. The van der Waals surface area contributed by atoms with Gasteiger partial charge in [-0.3, -0.25) is 0 Å². The number of rotatable bonds is 4. The zero-order valence-electron chi connectivity index (χ0n) is 9.59. The summed E-state index contributed by atoms with van der Waals surface area (Å²) in [6, 6.07) is 8.88. The molecule has 2 heteroatoms. The number of anilines is 1. The largest absolute Gasteiger partial charge is 0.399 e. The van der Waals surface area contributed by atoms with E-state index in [1.165, 1.54) is 12.0 Å². The third kappa shape index (κ3) is 2.72. The lowest BCUT2D eigenvalue weighted by molar-refractivity contribution is 0.544. The van der Waals surface area contributed by atoms with Crippen LogP contribution in [0.3, 0.4) is 0 Å². The quantitative estimate of drug-likeness (QED) is 0.738. The van der Waals surface area contributed by atoms with Crippen LogP contribution in [0, 0.1) is 5.41 Å². The van der Waals surface area contributed by atoms with Crippen molar-refractivity contribution < 1.29 is 0 Å². The van der Waals surface area contributed by atoms with Crippen molar-refractivity contribution in [1.82, 2.24) is 5.32 Å². The van der Waals surface area contributed by atoms with Gasteiger partial charge in [0.25, 0.3) is 0 Å². The predicted molar refractivity (Wildman–Crippen MR) is 64.7 cm³/mol. The van der Waals surface area contributed by atoms with Crippen molar-refractivity contribution in [3.8, 4) is 0 Å². The third-order valence-corrected chi connectivity index (χ3v) is 3.30. The highest BCUT2D eigenvalue weighted by Crippen LogP contribution is 2.44. The molecule has 1 aromatic rings. The molecule has 1 aliphatic rings. The Bertz CT molecular complexity index is 327. The van der Waals surface area contributed by atoms with Crippen molar-refractivity contribution in [2.24, 2.45) is 5.41 Å². The highest BCUT2D eigenvalue weighted by molar-refractivity contribution is 5.39. The highest BCUT2D eigenvalue weighted by Gasteiger charge is 2.44. The summed E-state index contributed by atoms with van der Waals surface area (Å²) >= 11 is 0. The fraction of sp³-hybridized carbons (Fsp3) is 0.538. The van der Waals surface area contributed by atoms with Crippen LogP contribution < -0.4 is 11.1 Å². The van der Waals surface area contributed by atoms with Gasteiger partial charge in [0.15, 0.2) is 0 Å². The number of nitrogen functional groups attached to an aromatic ring is 1. The molecule has 1 aromatic carbocycles. The maximum absolute atomic E-state index is 5.63. The summed E-state index contributed by atoms with van der Waals surface area (Å²) in [5.41, 5.74) is 8.36. The average molecular weight is 204 g/mol. The second-order valence-corrected chi connectivity index (χ2v) is 5.19. The Balaban J connectivity index is 1.72. The van der Waals surface area contributed by atoms with Gasteiger partial charge in [-0.05, 0) is 42.5 Å². The average Bonchev–Trinajstić information content (AvgIpc) is 2.78. The Morgan fingerprint density at radius 3 is 2.47 bits per heavy atom. The van der Waals surface area contributed by atoms with Gasteiger partial charge in [-0.1, -0.05) is 26.0 Å². The predicted octanol–water partition coefficient (Wildman–Crippen LogP) is 2.20.